The Morgan fingerprint density at radius 2 is 2.00 bits per heavy atom. The van der Waals surface area contributed by atoms with E-state index in [1.807, 2.05) is 0 Å². The maximum Gasteiger partial charge on any atom is 0.362 e. The molecule has 0 bridgehead atoms. The number of oxime groups is 2. The topological polar surface area (TPSA) is 80.5 Å². The fraction of sp³-hybridized carbons (Fsp3) is 0.500. The Labute approximate surface area is 69.4 Å². The van der Waals surface area contributed by atoms with Crippen molar-refractivity contribution in [3.63, 3.8) is 0 Å². The van der Waals surface area contributed by atoms with Crippen LogP contribution in [0.5, 0.6) is 0 Å². The Balaban J connectivity index is 4.68. The molecule has 12 heavy (non-hydrogen) atoms. The van der Waals surface area contributed by atoms with Crippen molar-refractivity contribution < 1.29 is 19.6 Å². The Kier molecular flexibility index (Phi) is 4.43. The van der Waals surface area contributed by atoms with Crippen LogP contribution in [0.25, 0.3) is 0 Å². The molecule has 0 aliphatic carbocycles. The molecule has 0 spiro atoms. The van der Waals surface area contributed by atoms with Gasteiger partial charge < -0.3 is 14.8 Å². The molecule has 0 saturated carbocycles. The van der Waals surface area contributed by atoms with E-state index in [9.17, 15) is 4.79 Å². The number of hydrogen-bond acceptors (Lipinski definition) is 6. The lowest BCUT2D eigenvalue weighted by Crippen LogP contribution is -2.23. The summed E-state index contributed by atoms with van der Waals surface area (Å²) in [6, 6.07) is 0. The van der Waals surface area contributed by atoms with Crippen LogP contribution in [0.4, 0.5) is 0 Å². The van der Waals surface area contributed by atoms with E-state index < -0.39 is 5.97 Å². The highest BCUT2D eigenvalue weighted by atomic mass is 16.6. The second-order valence-electron chi connectivity index (χ2n) is 1.80. The van der Waals surface area contributed by atoms with Crippen molar-refractivity contribution in [1.82, 2.24) is 0 Å². The van der Waals surface area contributed by atoms with Gasteiger partial charge in [-0.15, -0.1) is 0 Å². The number of nitrogens with zero attached hydrogens (tertiary/aromatic N) is 2. The van der Waals surface area contributed by atoms with Gasteiger partial charge in [-0.25, -0.2) is 4.79 Å². The third kappa shape index (κ3) is 2.57. The van der Waals surface area contributed by atoms with Crippen LogP contribution in [0.2, 0.25) is 0 Å². The highest BCUT2D eigenvalue weighted by Crippen LogP contribution is 1.89. The van der Waals surface area contributed by atoms with Gasteiger partial charge in [0.25, 0.3) is 0 Å². The normalized spacial score (nSPS) is 12.6. The van der Waals surface area contributed by atoms with E-state index in [0.29, 0.717) is 0 Å². The molecule has 0 aliphatic heterocycles. The minimum Gasteiger partial charge on any atom is -0.464 e. The lowest BCUT2D eigenvalue weighted by Gasteiger charge is -1.99. The lowest BCUT2D eigenvalue weighted by atomic mass is 10.2. The van der Waals surface area contributed by atoms with Crippen molar-refractivity contribution in [2.45, 2.75) is 6.92 Å². The van der Waals surface area contributed by atoms with Crippen molar-refractivity contribution in [2.75, 3.05) is 14.2 Å². The molecular weight excluding hydrogens is 164 g/mol. The quantitative estimate of drug-likeness (QED) is 0.283. The van der Waals surface area contributed by atoms with E-state index in [-0.39, 0.29) is 11.4 Å². The summed E-state index contributed by atoms with van der Waals surface area (Å²) in [5.41, 5.74) is -0.133. The molecule has 68 valence electrons. The molecule has 0 rings (SSSR count). The number of hydrogen-bond donors (Lipinski definition) is 1. The summed E-state index contributed by atoms with van der Waals surface area (Å²) in [6.07, 6.45) is 0. The van der Waals surface area contributed by atoms with Crippen molar-refractivity contribution in [2.24, 2.45) is 10.3 Å². The minimum atomic E-state index is -0.716. The van der Waals surface area contributed by atoms with Gasteiger partial charge in [-0.3, -0.25) is 0 Å². The first-order valence-corrected chi connectivity index (χ1v) is 3.05. The summed E-state index contributed by atoms with van der Waals surface area (Å²) in [5.74, 6) is -0.716. The Hall–Kier alpha value is -1.59. The van der Waals surface area contributed by atoms with Gasteiger partial charge in [0, 0.05) is 0 Å². The Bertz CT molecular complexity index is 222. The van der Waals surface area contributed by atoms with Gasteiger partial charge in [-0.05, 0) is 6.92 Å². The molecule has 0 atom stereocenters. The fourth-order valence-corrected chi connectivity index (χ4v) is 0.486. The van der Waals surface area contributed by atoms with Crippen LogP contribution in [0.15, 0.2) is 10.3 Å². The first-order valence-electron chi connectivity index (χ1n) is 3.05. The van der Waals surface area contributed by atoms with Gasteiger partial charge in [-0.2, -0.15) is 0 Å². The van der Waals surface area contributed by atoms with Crippen LogP contribution in [-0.2, 0) is 14.4 Å². The van der Waals surface area contributed by atoms with E-state index in [1.165, 1.54) is 21.1 Å². The van der Waals surface area contributed by atoms with Crippen molar-refractivity contribution in [3.05, 3.63) is 0 Å². The molecule has 0 aromatic carbocycles. The molecule has 0 amide bonds. The number of carbonyl (C=O) groups excluding carboxylic acids is 1. The number of rotatable bonds is 3. The van der Waals surface area contributed by atoms with Crippen LogP contribution in [0.1, 0.15) is 6.92 Å². The Morgan fingerprint density at radius 1 is 1.42 bits per heavy atom. The largest absolute Gasteiger partial charge is 0.464 e. The van der Waals surface area contributed by atoms with E-state index in [0.717, 1.165) is 0 Å². The van der Waals surface area contributed by atoms with Gasteiger partial charge in [0.1, 0.15) is 12.8 Å². The van der Waals surface area contributed by atoms with Crippen molar-refractivity contribution in [3.8, 4) is 0 Å². The van der Waals surface area contributed by atoms with Crippen LogP contribution >= 0.6 is 0 Å². The van der Waals surface area contributed by atoms with Crippen molar-refractivity contribution >= 4 is 17.4 Å². The zero-order chi connectivity index (χ0) is 9.56. The first kappa shape index (κ1) is 10.4. The summed E-state index contributed by atoms with van der Waals surface area (Å²) < 4.78 is 4.35. The van der Waals surface area contributed by atoms with Crippen LogP contribution < -0.4 is 0 Å². The number of carbonyl (C=O) groups is 1. The third-order valence-electron chi connectivity index (χ3n) is 1.05. The van der Waals surface area contributed by atoms with Gasteiger partial charge >= 0.3 is 5.97 Å². The summed E-state index contributed by atoms with van der Waals surface area (Å²) >= 11 is 0. The summed E-state index contributed by atoms with van der Waals surface area (Å²) in [4.78, 5) is 15.2. The monoisotopic (exact) mass is 174 g/mol. The van der Waals surface area contributed by atoms with Gasteiger partial charge in [0.05, 0.1) is 7.11 Å². The second kappa shape index (κ2) is 5.11. The molecule has 0 aliphatic rings. The highest BCUT2D eigenvalue weighted by Gasteiger charge is 2.16. The lowest BCUT2D eigenvalue weighted by molar-refractivity contribution is -0.132. The zero-order valence-corrected chi connectivity index (χ0v) is 7.07. The maximum absolute atomic E-state index is 10.9. The predicted octanol–water partition coefficient (Wildman–Crippen LogP) is 0.0119. The molecule has 0 aromatic rings. The minimum absolute atomic E-state index is 0.0312. The standard InChI is InChI=1S/C6H10N2O4/c1-4(7-10)5(8-12-3)6(9)11-2/h10H,1-3H3. The molecule has 0 radical (unpaired) electrons. The first-order chi connectivity index (χ1) is 5.67. The second-order valence-corrected chi connectivity index (χ2v) is 1.80. The molecule has 0 aromatic heterocycles. The fourth-order valence-electron chi connectivity index (χ4n) is 0.486. The summed E-state index contributed by atoms with van der Waals surface area (Å²) in [5, 5.41) is 14.4. The maximum atomic E-state index is 10.9. The zero-order valence-electron chi connectivity index (χ0n) is 7.07. The molecule has 0 heterocycles. The average molecular weight is 174 g/mol. The van der Waals surface area contributed by atoms with E-state index in [1.54, 1.807) is 0 Å². The van der Waals surface area contributed by atoms with Crippen LogP contribution in [0.3, 0.4) is 0 Å². The summed E-state index contributed by atoms with van der Waals surface area (Å²) in [7, 11) is 2.46. The smallest absolute Gasteiger partial charge is 0.362 e. The summed E-state index contributed by atoms with van der Waals surface area (Å²) in [6.45, 7) is 1.40. The molecule has 6 heteroatoms. The highest BCUT2D eigenvalue weighted by molar-refractivity contribution is 6.65. The molecule has 6 nitrogen and oxygen atoms in total. The van der Waals surface area contributed by atoms with Crippen molar-refractivity contribution in [1.29, 1.82) is 0 Å². The molecular formula is C6H10N2O4. The van der Waals surface area contributed by atoms with E-state index >= 15 is 0 Å². The third-order valence-corrected chi connectivity index (χ3v) is 1.05. The number of methoxy groups -OCH3 is 1. The predicted molar refractivity (Wildman–Crippen MR) is 41.4 cm³/mol. The van der Waals surface area contributed by atoms with Crippen LogP contribution in [-0.4, -0.2) is 36.8 Å². The average Bonchev–Trinajstić information content (AvgIpc) is 2.11. The van der Waals surface area contributed by atoms with Crippen LogP contribution in [0, 0.1) is 0 Å². The van der Waals surface area contributed by atoms with E-state index in [4.69, 9.17) is 5.21 Å². The molecule has 1 N–H and O–H groups in total. The number of esters is 1. The van der Waals surface area contributed by atoms with E-state index in [2.05, 4.69) is 19.9 Å². The Morgan fingerprint density at radius 3 is 2.33 bits per heavy atom. The molecule has 0 saturated heterocycles. The van der Waals surface area contributed by atoms with Gasteiger partial charge in [-0.1, -0.05) is 10.3 Å². The number of ether oxygens (including phenoxy) is 1. The van der Waals surface area contributed by atoms with Gasteiger partial charge in [0.2, 0.25) is 5.71 Å². The molecule has 0 fully saturated rings. The van der Waals surface area contributed by atoms with Gasteiger partial charge in [0.15, 0.2) is 0 Å². The molecule has 0 unspecified atom stereocenters. The SMILES string of the molecule is CON=C(C(=O)OC)C(C)=NO.